The van der Waals surface area contributed by atoms with Gasteiger partial charge in [0, 0.05) is 6.07 Å². The van der Waals surface area contributed by atoms with Crippen LogP contribution in [0.1, 0.15) is 11.5 Å². The van der Waals surface area contributed by atoms with Crippen molar-refractivity contribution >= 4 is 5.82 Å². The first-order chi connectivity index (χ1) is 7.56. The summed E-state index contributed by atoms with van der Waals surface area (Å²) in [7, 11) is 0. The second-order valence-electron chi connectivity index (χ2n) is 3.46. The molecule has 0 amide bonds. The summed E-state index contributed by atoms with van der Waals surface area (Å²) in [5.74, 6) is 1.48. The summed E-state index contributed by atoms with van der Waals surface area (Å²) in [5, 5.41) is 0. The Morgan fingerprint density at radius 3 is 2.75 bits per heavy atom. The van der Waals surface area contributed by atoms with Gasteiger partial charge in [-0.25, -0.2) is 4.79 Å². The average molecular weight is 221 g/mol. The van der Waals surface area contributed by atoms with Gasteiger partial charge in [-0.1, -0.05) is 0 Å². The molecule has 0 aliphatic heterocycles. The Balaban J connectivity index is 2.42. The number of aryl methyl sites for hydroxylation is 1. The highest BCUT2D eigenvalue weighted by atomic mass is 16.3. The summed E-state index contributed by atoms with van der Waals surface area (Å²) < 4.78 is 6.56. The second kappa shape index (κ2) is 3.73. The van der Waals surface area contributed by atoms with Gasteiger partial charge in [0.05, 0.1) is 6.54 Å². The Kier molecular flexibility index (Phi) is 2.40. The van der Waals surface area contributed by atoms with Gasteiger partial charge in [0.15, 0.2) is 0 Å². The van der Waals surface area contributed by atoms with Crippen molar-refractivity contribution in [3.05, 3.63) is 50.6 Å². The molecule has 2 aromatic rings. The molecule has 2 heterocycles. The lowest BCUT2D eigenvalue weighted by molar-refractivity contribution is 0.466. The Bertz CT molecular complexity index is 621. The molecule has 6 heteroatoms. The predicted octanol–water partition coefficient (Wildman–Crippen LogP) is 0.0685. The van der Waals surface area contributed by atoms with Gasteiger partial charge in [0.25, 0.3) is 5.56 Å². The zero-order valence-corrected chi connectivity index (χ0v) is 8.69. The van der Waals surface area contributed by atoms with Gasteiger partial charge in [-0.05, 0) is 19.1 Å². The molecule has 0 atom stereocenters. The molecule has 0 radical (unpaired) electrons. The highest BCUT2D eigenvalue weighted by Gasteiger charge is 2.06. The molecular formula is C10H11N3O3. The maximum atomic E-state index is 11.5. The first-order valence-corrected chi connectivity index (χ1v) is 4.71. The maximum absolute atomic E-state index is 11.5. The van der Waals surface area contributed by atoms with E-state index in [1.807, 2.05) is 6.92 Å². The summed E-state index contributed by atoms with van der Waals surface area (Å²) >= 11 is 0. The van der Waals surface area contributed by atoms with E-state index in [-0.39, 0.29) is 12.4 Å². The fourth-order valence-electron chi connectivity index (χ4n) is 1.43. The number of H-pyrrole nitrogens is 1. The number of nitrogen functional groups attached to an aromatic ring is 1. The molecule has 0 fully saturated rings. The molecule has 0 saturated carbocycles. The lowest BCUT2D eigenvalue weighted by Gasteiger charge is -2.05. The number of aromatic amines is 1. The van der Waals surface area contributed by atoms with E-state index in [4.69, 9.17) is 10.2 Å². The molecule has 0 aromatic carbocycles. The van der Waals surface area contributed by atoms with Gasteiger partial charge in [-0.2, -0.15) is 0 Å². The van der Waals surface area contributed by atoms with Crippen LogP contribution in [0, 0.1) is 6.92 Å². The quantitative estimate of drug-likeness (QED) is 0.750. The number of hydrogen-bond acceptors (Lipinski definition) is 4. The van der Waals surface area contributed by atoms with E-state index in [0.29, 0.717) is 5.76 Å². The standard InChI is InChI=1S/C10H11N3O3/c1-6-2-3-7(16-6)5-13-8(11)4-9(14)12-10(13)15/h2-4H,5,11H2,1H3,(H,12,14,15). The smallest absolute Gasteiger partial charge is 0.330 e. The molecule has 2 aromatic heterocycles. The van der Waals surface area contributed by atoms with E-state index in [9.17, 15) is 9.59 Å². The van der Waals surface area contributed by atoms with Gasteiger partial charge in [0.2, 0.25) is 0 Å². The Hall–Kier alpha value is -2.24. The van der Waals surface area contributed by atoms with Crippen LogP contribution in [-0.4, -0.2) is 9.55 Å². The molecule has 0 saturated heterocycles. The van der Waals surface area contributed by atoms with Gasteiger partial charge in [-0.3, -0.25) is 14.3 Å². The molecule has 0 aliphatic carbocycles. The van der Waals surface area contributed by atoms with E-state index in [1.165, 1.54) is 4.57 Å². The number of aromatic nitrogens is 2. The minimum atomic E-state index is -0.543. The predicted molar refractivity (Wildman–Crippen MR) is 58.3 cm³/mol. The van der Waals surface area contributed by atoms with Crippen LogP contribution in [0.3, 0.4) is 0 Å². The Labute approximate surface area is 90.3 Å². The molecule has 0 aliphatic rings. The number of rotatable bonds is 2. The summed E-state index contributed by atoms with van der Waals surface area (Å²) in [6.45, 7) is 2.01. The summed E-state index contributed by atoms with van der Waals surface area (Å²) in [6, 6.07) is 4.71. The van der Waals surface area contributed by atoms with E-state index in [1.54, 1.807) is 12.1 Å². The Morgan fingerprint density at radius 1 is 1.44 bits per heavy atom. The fourth-order valence-corrected chi connectivity index (χ4v) is 1.43. The number of nitrogens with zero attached hydrogens (tertiary/aromatic N) is 1. The minimum Gasteiger partial charge on any atom is -0.464 e. The van der Waals surface area contributed by atoms with E-state index in [0.717, 1.165) is 11.8 Å². The number of nitrogens with two attached hydrogens (primary N) is 1. The molecule has 84 valence electrons. The van der Waals surface area contributed by atoms with Crippen LogP contribution >= 0.6 is 0 Å². The van der Waals surface area contributed by atoms with Gasteiger partial charge < -0.3 is 10.2 Å². The van der Waals surface area contributed by atoms with Gasteiger partial charge in [-0.15, -0.1) is 0 Å². The van der Waals surface area contributed by atoms with Crippen molar-refractivity contribution in [3.63, 3.8) is 0 Å². The summed E-state index contributed by atoms with van der Waals surface area (Å²) in [4.78, 5) is 24.5. The number of hydrogen-bond donors (Lipinski definition) is 2. The van der Waals surface area contributed by atoms with E-state index in [2.05, 4.69) is 4.98 Å². The van der Waals surface area contributed by atoms with Crippen LogP contribution in [0.2, 0.25) is 0 Å². The van der Waals surface area contributed by atoms with Gasteiger partial charge >= 0.3 is 5.69 Å². The van der Waals surface area contributed by atoms with Crippen molar-refractivity contribution in [2.75, 3.05) is 5.73 Å². The lowest BCUT2D eigenvalue weighted by atomic mass is 10.4. The SMILES string of the molecule is Cc1ccc(Cn2c(N)cc(=O)[nH]c2=O)o1. The molecule has 0 spiro atoms. The van der Waals surface area contributed by atoms with Crippen LogP contribution in [-0.2, 0) is 6.54 Å². The summed E-state index contributed by atoms with van der Waals surface area (Å²) in [5.41, 5.74) is 4.53. The zero-order chi connectivity index (χ0) is 11.7. The zero-order valence-electron chi connectivity index (χ0n) is 8.69. The van der Waals surface area contributed by atoms with Gasteiger partial charge in [0.1, 0.15) is 17.3 Å². The second-order valence-corrected chi connectivity index (χ2v) is 3.46. The fraction of sp³-hybridized carbons (Fsp3) is 0.200. The van der Waals surface area contributed by atoms with E-state index >= 15 is 0 Å². The molecule has 2 rings (SSSR count). The third-order valence-electron chi connectivity index (χ3n) is 2.18. The van der Waals surface area contributed by atoms with Crippen LogP contribution in [0.15, 0.2) is 32.2 Å². The normalized spacial score (nSPS) is 10.6. The molecule has 3 N–H and O–H groups in total. The first-order valence-electron chi connectivity index (χ1n) is 4.71. The van der Waals surface area contributed by atoms with Crippen molar-refractivity contribution in [2.45, 2.75) is 13.5 Å². The van der Waals surface area contributed by atoms with Crippen molar-refractivity contribution in [2.24, 2.45) is 0 Å². The first kappa shape index (κ1) is 10.3. The molecular weight excluding hydrogens is 210 g/mol. The summed E-state index contributed by atoms with van der Waals surface area (Å²) in [6.07, 6.45) is 0. The van der Waals surface area contributed by atoms with Crippen molar-refractivity contribution in [3.8, 4) is 0 Å². The monoisotopic (exact) mass is 221 g/mol. The highest BCUT2D eigenvalue weighted by Crippen LogP contribution is 2.08. The largest absolute Gasteiger partial charge is 0.464 e. The van der Waals surface area contributed by atoms with E-state index < -0.39 is 11.2 Å². The number of furan rings is 1. The molecule has 0 unspecified atom stereocenters. The highest BCUT2D eigenvalue weighted by molar-refractivity contribution is 5.27. The molecule has 16 heavy (non-hydrogen) atoms. The Morgan fingerprint density at radius 2 is 2.19 bits per heavy atom. The lowest BCUT2D eigenvalue weighted by Crippen LogP contribution is -2.31. The number of nitrogens with one attached hydrogen (secondary N) is 1. The van der Waals surface area contributed by atoms with Crippen molar-refractivity contribution in [1.82, 2.24) is 9.55 Å². The van der Waals surface area contributed by atoms with Crippen LogP contribution in [0.25, 0.3) is 0 Å². The molecule has 6 nitrogen and oxygen atoms in total. The maximum Gasteiger partial charge on any atom is 0.330 e. The molecule has 0 bridgehead atoms. The van der Waals surface area contributed by atoms with Crippen LogP contribution in [0.4, 0.5) is 5.82 Å². The minimum absolute atomic E-state index is 0.114. The third kappa shape index (κ3) is 1.90. The number of anilines is 1. The van der Waals surface area contributed by atoms with Crippen LogP contribution < -0.4 is 17.0 Å². The van der Waals surface area contributed by atoms with Crippen molar-refractivity contribution in [1.29, 1.82) is 0 Å². The topological polar surface area (TPSA) is 94.0 Å². The average Bonchev–Trinajstić information content (AvgIpc) is 2.58. The third-order valence-corrected chi connectivity index (χ3v) is 2.18. The van der Waals surface area contributed by atoms with Crippen LogP contribution in [0.5, 0.6) is 0 Å². The van der Waals surface area contributed by atoms with Crippen molar-refractivity contribution < 1.29 is 4.42 Å².